The molecule has 1 fully saturated rings. The number of carbonyl (C=O) groups excluding carboxylic acids is 2. The number of azide groups is 1. The van der Waals surface area contributed by atoms with Gasteiger partial charge in [-0.2, -0.15) is 0 Å². The molecule has 2 unspecified atom stereocenters. The molecule has 2 amide bonds. The number of likely N-dealkylation sites (tertiary alicyclic amines) is 1. The van der Waals surface area contributed by atoms with Crippen LogP contribution in [0.15, 0.2) is 47.6 Å². The minimum Gasteiger partial charge on any atom is -0.467 e. The molecule has 1 aliphatic rings. The van der Waals surface area contributed by atoms with Crippen LogP contribution >= 0.6 is 0 Å². The van der Waals surface area contributed by atoms with Crippen LogP contribution in [0, 0.1) is 0 Å². The molecule has 30 heavy (non-hydrogen) atoms. The fourth-order valence-corrected chi connectivity index (χ4v) is 3.64. The molecule has 0 spiro atoms. The lowest BCUT2D eigenvalue weighted by Crippen LogP contribution is -2.51. The summed E-state index contributed by atoms with van der Waals surface area (Å²) in [4.78, 5) is 40.1. The molecule has 1 heterocycles. The Kier molecular flexibility index (Phi) is 6.38. The van der Waals surface area contributed by atoms with Gasteiger partial charge in [0.15, 0.2) is 0 Å². The highest BCUT2D eigenvalue weighted by molar-refractivity contribution is 5.90. The van der Waals surface area contributed by atoms with Crippen LogP contribution in [0.3, 0.4) is 0 Å². The zero-order valence-corrected chi connectivity index (χ0v) is 16.3. The molecule has 0 aliphatic carbocycles. The number of amides is 2. The highest BCUT2D eigenvalue weighted by atomic mass is 16.5. The lowest BCUT2D eigenvalue weighted by molar-refractivity contribution is -0.145. The van der Waals surface area contributed by atoms with E-state index in [0.717, 1.165) is 21.2 Å². The summed E-state index contributed by atoms with van der Waals surface area (Å²) in [5, 5.41) is 17.5. The van der Waals surface area contributed by atoms with Crippen molar-refractivity contribution < 1.29 is 24.2 Å². The number of hydrogen-bond acceptors (Lipinski definition) is 5. The van der Waals surface area contributed by atoms with Gasteiger partial charge in [0.05, 0.1) is 13.2 Å². The van der Waals surface area contributed by atoms with E-state index in [2.05, 4.69) is 15.3 Å². The van der Waals surface area contributed by atoms with Crippen LogP contribution in [0.5, 0.6) is 0 Å². The Labute approximate surface area is 172 Å². The first-order valence-corrected chi connectivity index (χ1v) is 9.32. The van der Waals surface area contributed by atoms with E-state index < -0.39 is 36.1 Å². The SMILES string of the molecule is COC(=O)[C@H](Cc1ccc2ccccc2c1)NC(=O)C1CC(N=[N+]=[N-])CN1C(=O)O. The van der Waals surface area contributed by atoms with Crippen LogP contribution in [0.25, 0.3) is 21.2 Å². The Balaban J connectivity index is 1.78. The van der Waals surface area contributed by atoms with Crippen LogP contribution in [-0.2, 0) is 20.7 Å². The Hall–Kier alpha value is -3.78. The van der Waals surface area contributed by atoms with Crippen molar-refractivity contribution in [2.24, 2.45) is 5.11 Å². The van der Waals surface area contributed by atoms with E-state index >= 15 is 0 Å². The smallest absolute Gasteiger partial charge is 0.407 e. The van der Waals surface area contributed by atoms with Gasteiger partial charge in [-0.05, 0) is 28.3 Å². The van der Waals surface area contributed by atoms with Gasteiger partial charge in [-0.15, -0.1) is 0 Å². The van der Waals surface area contributed by atoms with Crippen molar-refractivity contribution in [2.75, 3.05) is 13.7 Å². The van der Waals surface area contributed by atoms with Crippen molar-refractivity contribution >= 4 is 28.7 Å². The van der Waals surface area contributed by atoms with Crippen LogP contribution in [-0.4, -0.2) is 59.8 Å². The van der Waals surface area contributed by atoms with Crippen molar-refractivity contribution in [3.63, 3.8) is 0 Å². The van der Waals surface area contributed by atoms with E-state index in [1.165, 1.54) is 7.11 Å². The lowest BCUT2D eigenvalue weighted by Gasteiger charge is -2.23. The molecule has 10 heteroatoms. The van der Waals surface area contributed by atoms with Crippen LogP contribution in [0.1, 0.15) is 12.0 Å². The molecule has 0 bridgehead atoms. The maximum absolute atomic E-state index is 12.8. The standard InChI is InChI=1S/C20H21N5O5/c1-30-19(27)16(9-12-6-7-13-4-2-3-5-14(13)8-12)22-18(26)17-10-15(23-24-21)11-25(17)20(28)29/h2-8,15-17H,9-11H2,1H3,(H,22,26)(H,28,29)/t15?,16-,17?/m0/s1. The first-order valence-electron chi connectivity index (χ1n) is 9.32. The van der Waals surface area contributed by atoms with Gasteiger partial charge in [0.1, 0.15) is 12.1 Å². The summed E-state index contributed by atoms with van der Waals surface area (Å²) in [5.41, 5.74) is 9.41. The summed E-state index contributed by atoms with van der Waals surface area (Å²) >= 11 is 0. The number of carbonyl (C=O) groups is 3. The summed E-state index contributed by atoms with van der Waals surface area (Å²) in [6.07, 6.45) is -1.07. The number of fused-ring (bicyclic) bond motifs is 1. The zero-order chi connectivity index (χ0) is 21.7. The number of nitrogens with zero attached hydrogens (tertiary/aromatic N) is 4. The van der Waals surface area contributed by atoms with Gasteiger partial charge in [-0.25, -0.2) is 9.59 Å². The summed E-state index contributed by atoms with van der Waals surface area (Å²) < 4.78 is 4.82. The van der Waals surface area contributed by atoms with Crippen LogP contribution < -0.4 is 5.32 Å². The molecule has 3 atom stereocenters. The second-order valence-corrected chi connectivity index (χ2v) is 7.02. The molecule has 3 rings (SSSR count). The molecule has 156 valence electrons. The average Bonchev–Trinajstić information content (AvgIpc) is 3.17. The predicted molar refractivity (Wildman–Crippen MR) is 108 cm³/mol. The van der Waals surface area contributed by atoms with Crippen LogP contribution in [0.4, 0.5) is 4.79 Å². The average molecular weight is 411 g/mol. The highest BCUT2D eigenvalue weighted by Crippen LogP contribution is 2.22. The van der Waals surface area contributed by atoms with Crippen molar-refractivity contribution in [3.05, 3.63) is 58.5 Å². The molecule has 1 aliphatic heterocycles. The summed E-state index contributed by atoms with van der Waals surface area (Å²) in [6, 6.07) is 10.8. The molecule has 2 N–H and O–H groups in total. The highest BCUT2D eigenvalue weighted by Gasteiger charge is 2.40. The van der Waals surface area contributed by atoms with E-state index in [1.54, 1.807) is 0 Å². The van der Waals surface area contributed by atoms with Crippen molar-refractivity contribution in [1.82, 2.24) is 10.2 Å². The van der Waals surface area contributed by atoms with E-state index in [9.17, 15) is 19.5 Å². The minimum atomic E-state index is -1.30. The van der Waals surface area contributed by atoms with Gasteiger partial charge < -0.3 is 15.2 Å². The second-order valence-electron chi connectivity index (χ2n) is 7.02. The van der Waals surface area contributed by atoms with E-state index in [1.807, 2.05) is 42.5 Å². The molecule has 1 saturated heterocycles. The largest absolute Gasteiger partial charge is 0.467 e. The summed E-state index contributed by atoms with van der Waals surface area (Å²) in [5.74, 6) is -1.27. The molecule has 2 aromatic rings. The topological polar surface area (TPSA) is 145 Å². The zero-order valence-electron chi connectivity index (χ0n) is 16.3. The van der Waals surface area contributed by atoms with Crippen LogP contribution in [0.2, 0.25) is 0 Å². The summed E-state index contributed by atoms with van der Waals surface area (Å²) in [6.45, 7) is -0.0783. The maximum Gasteiger partial charge on any atom is 0.407 e. The number of hydrogen-bond donors (Lipinski definition) is 2. The van der Waals surface area contributed by atoms with E-state index in [0.29, 0.717) is 0 Å². The molecule has 0 aromatic heterocycles. The summed E-state index contributed by atoms with van der Waals surface area (Å²) in [7, 11) is 1.22. The van der Waals surface area contributed by atoms with Gasteiger partial charge >= 0.3 is 12.1 Å². The molecule has 0 saturated carbocycles. The maximum atomic E-state index is 12.8. The molecular weight excluding hydrogens is 390 g/mol. The fraction of sp³-hybridized carbons (Fsp3) is 0.350. The molecule has 2 aromatic carbocycles. The molecular formula is C20H21N5O5. The van der Waals surface area contributed by atoms with Gasteiger partial charge in [-0.1, -0.05) is 47.6 Å². The normalized spacial score (nSPS) is 19.0. The van der Waals surface area contributed by atoms with E-state index in [4.69, 9.17) is 10.3 Å². The van der Waals surface area contributed by atoms with Gasteiger partial charge in [0.25, 0.3) is 0 Å². The third-order valence-corrected chi connectivity index (χ3v) is 5.10. The quantitative estimate of drug-likeness (QED) is 0.325. The number of esters is 1. The van der Waals surface area contributed by atoms with Gasteiger partial charge in [0, 0.05) is 17.9 Å². The number of methoxy groups -OCH3 is 1. The number of benzene rings is 2. The third kappa shape index (κ3) is 4.61. The fourth-order valence-electron chi connectivity index (χ4n) is 3.64. The van der Waals surface area contributed by atoms with Crippen molar-refractivity contribution in [1.29, 1.82) is 0 Å². The monoisotopic (exact) mass is 411 g/mol. The number of nitrogens with one attached hydrogen (secondary N) is 1. The Morgan fingerprint density at radius 1 is 1.30 bits per heavy atom. The lowest BCUT2D eigenvalue weighted by atomic mass is 10.0. The Morgan fingerprint density at radius 2 is 2.03 bits per heavy atom. The predicted octanol–water partition coefficient (Wildman–Crippen LogP) is 2.47. The molecule has 10 nitrogen and oxygen atoms in total. The number of ether oxygens (including phenoxy) is 1. The van der Waals surface area contributed by atoms with Gasteiger partial charge in [-0.3, -0.25) is 9.69 Å². The Morgan fingerprint density at radius 3 is 2.70 bits per heavy atom. The van der Waals surface area contributed by atoms with Crippen molar-refractivity contribution in [3.8, 4) is 0 Å². The Bertz CT molecular complexity index is 1020. The first-order chi connectivity index (χ1) is 14.4. The minimum absolute atomic E-state index is 0.0477. The molecule has 0 radical (unpaired) electrons. The third-order valence-electron chi connectivity index (χ3n) is 5.10. The van der Waals surface area contributed by atoms with Crippen molar-refractivity contribution in [2.45, 2.75) is 31.0 Å². The second kappa shape index (κ2) is 9.15. The first kappa shape index (κ1) is 20.9. The van der Waals surface area contributed by atoms with E-state index in [-0.39, 0.29) is 19.4 Å². The van der Waals surface area contributed by atoms with Gasteiger partial charge in [0.2, 0.25) is 5.91 Å². The number of rotatable bonds is 6. The number of carboxylic acid groups (broad SMARTS) is 1.